The van der Waals surface area contributed by atoms with Crippen molar-refractivity contribution in [3.05, 3.63) is 132 Å². The molecule has 1 aliphatic heterocycles. The Morgan fingerprint density at radius 2 is 1.54 bits per heavy atom. The number of esters is 1. The predicted octanol–water partition coefficient (Wildman–Crippen LogP) is 7.93. The zero-order chi connectivity index (χ0) is 36.9. The van der Waals surface area contributed by atoms with E-state index < -0.39 is 14.3 Å². The van der Waals surface area contributed by atoms with E-state index in [1.807, 2.05) is 67.4 Å². The summed E-state index contributed by atoms with van der Waals surface area (Å²) in [6, 6.07) is 34.4. The monoisotopic (exact) mass is 712 g/mol. The van der Waals surface area contributed by atoms with Crippen LogP contribution in [-0.4, -0.2) is 54.4 Å². The molecule has 0 bridgehead atoms. The number of fused-ring (bicyclic) bond motifs is 1. The van der Waals surface area contributed by atoms with Crippen LogP contribution >= 0.6 is 0 Å². The Labute approximate surface area is 308 Å². The molecular formula is C43H48N4O4Si. The Bertz CT molecular complexity index is 1960. The van der Waals surface area contributed by atoms with E-state index in [0.717, 1.165) is 27.8 Å². The zero-order valence-corrected chi connectivity index (χ0v) is 31.9. The summed E-state index contributed by atoms with van der Waals surface area (Å²) in [6.45, 7) is 13.4. The van der Waals surface area contributed by atoms with Gasteiger partial charge in [0.1, 0.15) is 5.69 Å². The normalized spacial score (nSPS) is 14.3. The molecule has 2 aromatic heterocycles. The zero-order valence-electron chi connectivity index (χ0n) is 30.9. The number of urea groups is 1. The van der Waals surface area contributed by atoms with Crippen LogP contribution in [0.4, 0.5) is 4.79 Å². The highest BCUT2D eigenvalue weighted by Crippen LogP contribution is 2.44. The summed E-state index contributed by atoms with van der Waals surface area (Å²) in [5, 5.41) is 5.31. The van der Waals surface area contributed by atoms with E-state index in [2.05, 4.69) is 85.7 Å². The van der Waals surface area contributed by atoms with Crippen LogP contribution in [-0.2, 0) is 15.7 Å². The molecule has 0 saturated carbocycles. The van der Waals surface area contributed by atoms with E-state index in [1.165, 1.54) is 10.4 Å². The van der Waals surface area contributed by atoms with E-state index in [-0.39, 0.29) is 35.5 Å². The molecule has 3 aromatic carbocycles. The molecule has 1 aliphatic rings. The SMILES string of the molecule is CCOC(=O)c1cc2c(c(-c3cccc(-c4cccnc4)c3)n1)[C@@H](CCO[Si](c1ccccc1)(c1ccccc1)C(C)(C)C)N(C(=O)NC(C)C)C2. The minimum atomic E-state index is -2.85. The number of aromatic nitrogens is 2. The molecule has 0 saturated heterocycles. The van der Waals surface area contributed by atoms with Crippen molar-refractivity contribution in [1.82, 2.24) is 20.2 Å². The van der Waals surface area contributed by atoms with Gasteiger partial charge in [0.25, 0.3) is 8.32 Å². The fraction of sp³-hybridized carbons (Fsp3) is 0.302. The lowest BCUT2D eigenvalue weighted by molar-refractivity contribution is 0.0519. The number of amides is 2. The fourth-order valence-corrected chi connectivity index (χ4v) is 12.0. The summed E-state index contributed by atoms with van der Waals surface area (Å²) in [5.74, 6) is -0.494. The molecule has 8 nitrogen and oxygen atoms in total. The lowest BCUT2D eigenvalue weighted by atomic mass is 9.94. The lowest BCUT2D eigenvalue weighted by Crippen LogP contribution is -2.66. The Balaban J connectivity index is 1.46. The van der Waals surface area contributed by atoms with E-state index in [4.69, 9.17) is 14.1 Å². The molecule has 9 heteroatoms. The minimum absolute atomic E-state index is 0.0610. The third-order valence-corrected chi connectivity index (χ3v) is 14.7. The van der Waals surface area contributed by atoms with Crippen LogP contribution in [0.25, 0.3) is 22.4 Å². The Morgan fingerprint density at radius 3 is 2.13 bits per heavy atom. The molecule has 1 N–H and O–H groups in total. The highest BCUT2D eigenvalue weighted by Gasteiger charge is 2.50. The molecule has 0 radical (unpaired) electrons. The van der Waals surface area contributed by atoms with Crippen LogP contribution in [0.2, 0.25) is 5.04 Å². The standard InChI is InChI=1S/C43H48N4O4Si/c1-7-50-41(48)37-27-34-29-47(42(49)45-30(2)3)38(39(34)40(46-37)32-17-14-16-31(26-32)33-18-15-24-44-28-33)23-25-51-52(43(4,5)6,35-19-10-8-11-20-35)36-21-12-9-13-22-36/h8-22,24,26-28,30,38H,7,23,25,29H2,1-6H3,(H,45,49)/t38-/m1/s1. The van der Waals surface area contributed by atoms with E-state index >= 15 is 0 Å². The van der Waals surface area contributed by atoms with Gasteiger partial charge in [-0.1, -0.05) is 106 Å². The molecule has 0 aliphatic carbocycles. The van der Waals surface area contributed by atoms with E-state index in [9.17, 15) is 9.59 Å². The molecule has 0 spiro atoms. The van der Waals surface area contributed by atoms with Gasteiger partial charge in [-0.05, 0) is 71.9 Å². The first-order chi connectivity index (χ1) is 25.0. The van der Waals surface area contributed by atoms with Gasteiger partial charge in [-0.3, -0.25) is 4.98 Å². The highest BCUT2D eigenvalue weighted by molar-refractivity contribution is 6.99. The number of benzene rings is 3. The molecule has 1 atom stereocenters. The third kappa shape index (κ3) is 7.42. The maximum absolute atomic E-state index is 14.0. The van der Waals surface area contributed by atoms with Crippen molar-refractivity contribution in [3.63, 3.8) is 0 Å². The van der Waals surface area contributed by atoms with Gasteiger partial charge >= 0.3 is 12.0 Å². The predicted molar refractivity (Wildman–Crippen MR) is 209 cm³/mol. The second-order valence-corrected chi connectivity index (χ2v) is 18.8. The molecule has 268 valence electrons. The second-order valence-electron chi connectivity index (χ2n) is 14.5. The van der Waals surface area contributed by atoms with Crippen LogP contribution in [0.5, 0.6) is 0 Å². The number of carbonyl (C=O) groups excluding carboxylic acids is 2. The van der Waals surface area contributed by atoms with Gasteiger partial charge in [0.15, 0.2) is 0 Å². The van der Waals surface area contributed by atoms with Crippen LogP contribution in [0.1, 0.15) is 75.6 Å². The summed E-state index contributed by atoms with van der Waals surface area (Å²) in [5.41, 5.74) is 5.44. The summed E-state index contributed by atoms with van der Waals surface area (Å²) < 4.78 is 12.8. The maximum atomic E-state index is 14.0. The molecule has 5 aromatic rings. The number of rotatable bonds is 11. The summed E-state index contributed by atoms with van der Waals surface area (Å²) >= 11 is 0. The van der Waals surface area contributed by atoms with Gasteiger partial charge in [-0.25, -0.2) is 14.6 Å². The number of carbonyl (C=O) groups is 2. The quantitative estimate of drug-likeness (QED) is 0.111. The average Bonchev–Trinajstić information content (AvgIpc) is 3.52. The lowest BCUT2D eigenvalue weighted by Gasteiger charge is -2.43. The topological polar surface area (TPSA) is 93.7 Å². The largest absolute Gasteiger partial charge is 0.461 e. The molecule has 6 rings (SSSR count). The first kappa shape index (κ1) is 36.7. The van der Waals surface area contributed by atoms with Crippen LogP contribution < -0.4 is 15.7 Å². The van der Waals surface area contributed by atoms with Gasteiger partial charge in [0.05, 0.1) is 18.3 Å². The number of ether oxygens (including phenoxy) is 1. The maximum Gasteiger partial charge on any atom is 0.356 e. The number of nitrogens with zero attached hydrogens (tertiary/aromatic N) is 3. The van der Waals surface area contributed by atoms with Crippen molar-refractivity contribution < 1.29 is 18.8 Å². The Morgan fingerprint density at radius 1 is 0.885 bits per heavy atom. The number of hydrogen-bond donors (Lipinski definition) is 1. The number of nitrogens with one attached hydrogen (secondary N) is 1. The van der Waals surface area contributed by atoms with Gasteiger partial charge in [0.2, 0.25) is 0 Å². The molecule has 0 fully saturated rings. The number of hydrogen-bond acceptors (Lipinski definition) is 6. The van der Waals surface area contributed by atoms with Crippen molar-refractivity contribution >= 4 is 30.7 Å². The minimum Gasteiger partial charge on any atom is -0.461 e. The Hall–Kier alpha value is -5.12. The molecule has 3 heterocycles. The van der Waals surface area contributed by atoms with Crippen molar-refractivity contribution in [2.24, 2.45) is 0 Å². The summed E-state index contributed by atoms with van der Waals surface area (Å²) in [6.07, 6.45) is 4.11. The average molecular weight is 713 g/mol. The van der Waals surface area contributed by atoms with E-state index in [1.54, 1.807) is 19.2 Å². The molecule has 2 amide bonds. The van der Waals surface area contributed by atoms with Crippen LogP contribution in [0, 0.1) is 0 Å². The molecule has 0 unspecified atom stereocenters. The van der Waals surface area contributed by atoms with Crippen LogP contribution in [0.15, 0.2) is 116 Å². The molecular weight excluding hydrogens is 665 g/mol. The van der Waals surface area contributed by atoms with Gasteiger partial charge in [-0.2, -0.15) is 0 Å². The van der Waals surface area contributed by atoms with Crippen molar-refractivity contribution in [2.75, 3.05) is 13.2 Å². The van der Waals surface area contributed by atoms with E-state index in [0.29, 0.717) is 25.3 Å². The first-order valence-corrected chi connectivity index (χ1v) is 20.0. The van der Waals surface area contributed by atoms with Crippen molar-refractivity contribution in [2.45, 2.75) is 71.6 Å². The van der Waals surface area contributed by atoms with Crippen LogP contribution in [0.3, 0.4) is 0 Å². The highest BCUT2D eigenvalue weighted by atomic mass is 28.4. The van der Waals surface area contributed by atoms with Gasteiger partial charge in [-0.15, -0.1) is 0 Å². The van der Waals surface area contributed by atoms with Gasteiger partial charge in [0, 0.05) is 48.3 Å². The molecule has 52 heavy (non-hydrogen) atoms. The fourth-order valence-electron chi connectivity index (χ4n) is 7.40. The van der Waals surface area contributed by atoms with Crippen molar-refractivity contribution in [3.8, 4) is 22.4 Å². The smallest absolute Gasteiger partial charge is 0.356 e. The summed E-state index contributed by atoms with van der Waals surface area (Å²) in [4.78, 5) is 38.3. The van der Waals surface area contributed by atoms with Crippen molar-refractivity contribution in [1.29, 1.82) is 0 Å². The second kappa shape index (κ2) is 15.6. The first-order valence-electron chi connectivity index (χ1n) is 18.1. The Kier molecular flexibility index (Phi) is 11.0. The third-order valence-electron chi connectivity index (χ3n) is 9.61. The number of pyridine rings is 2. The summed E-state index contributed by atoms with van der Waals surface area (Å²) in [7, 11) is -2.85. The van der Waals surface area contributed by atoms with Gasteiger partial charge < -0.3 is 19.4 Å².